The van der Waals surface area contributed by atoms with Crippen molar-refractivity contribution in [1.29, 1.82) is 0 Å². The lowest BCUT2D eigenvalue weighted by Gasteiger charge is -2.27. The number of para-hydroxylation sites is 4. The summed E-state index contributed by atoms with van der Waals surface area (Å²) in [6, 6.07) is 74.9. The van der Waals surface area contributed by atoms with Crippen molar-refractivity contribution in [1.82, 2.24) is 4.57 Å². The first-order valence-corrected chi connectivity index (χ1v) is 19.8. The summed E-state index contributed by atoms with van der Waals surface area (Å²) in [5.74, 6) is 0. The highest BCUT2D eigenvalue weighted by atomic mass is 15.2. The first-order chi connectivity index (χ1) is 28.0. The van der Waals surface area contributed by atoms with Gasteiger partial charge < -0.3 is 14.4 Å². The van der Waals surface area contributed by atoms with Gasteiger partial charge in [0, 0.05) is 50.0 Å². The fourth-order valence-corrected chi connectivity index (χ4v) is 8.61. The largest absolute Gasteiger partial charge is 0.310 e. The normalized spacial score (nSPS) is 11.8. The highest BCUT2D eigenvalue weighted by Crippen LogP contribution is 2.49. The van der Waals surface area contributed by atoms with Gasteiger partial charge in [0.2, 0.25) is 0 Å². The van der Waals surface area contributed by atoms with Crippen LogP contribution in [-0.2, 0) is 5.41 Å². The molecular weight excluding hydrogens is 691 g/mol. The summed E-state index contributed by atoms with van der Waals surface area (Å²) in [5.41, 5.74) is 11.5. The number of benzene rings is 9. The van der Waals surface area contributed by atoms with Gasteiger partial charge in [-0.15, -0.1) is 0 Å². The van der Waals surface area contributed by atoms with Crippen molar-refractivity contribution in [3.63, 3.8) is 0 Å². The molecule has 0 radical (unpaired) electrons. The van der Waals surface area contributed by atoms with Gasteiger partial charge in [-0.05, 0) is 94.5 Å². The van der Waals surface area contributed by atoms with Crippen LogP contribution in [0.15, 0.2) is 206 Å². The minimum absolute atomic E-state index is 0.0316. The zero-order chi connectivity index (χ0) is 38.5. The Balaban J connectivity index is 1.38. The molecule has 0 bridgehead atoms. The second-order valence-corrected chi connectivity index (χ2v) is 15.8. The van der Waals surface area contributed by atoms with Crippen LogP contribution in [0.4, 0.5) is 34.1 Å². The molecule has 0 unspecified atom stereocenters. The summed E-state index contributed by atoms with van der Waals surface area (Å²) in [5, 5.41) is 7.33. The Bertz CT molecular complexity index is 2760. The molecule has 0 spiro atoms. The lowest BCUT2D eigenvalue weighted by Crippen LogP contribution is -2.11. The van der Waals surface area contributed by atoms with Crippen molar-refractivity contribution in [2.45, 2.75) is 26.2 Å². The maximum absolute atomic E-state index is 2.51. The Labute approximate surface area is 334 Å². The molecule has 1 aromatic heterocycles. The molecular formula is C54H43N3. The van der Waals surface area contributed by atoms with Gasteiger partial charge in [0.25, 0.3) is 0 Å². The second-order valence-electron chi connectivity index (χ2n) is 15.8. The summed E-state index contributed by atoms with van der Waals surface area (Å²) in [4.78, 5) is 4.81. The topological polar surface area (TPSA) is 11.4 Å². The third-order valence-electron chi connectivity index (χ3n) is 11.3. The van der Waals surface area contributed by atoms with E-state index in [-0.39, 0.29) is 5.41 Å². The van der Waals surface area contributed by atoms with Crippen molar-refractivity contribution >= 4 is 77.5 Å². The van der Waals surface area contributed by atoms with Gasteiger partial charge in [0.05, 0.1) is 22.4 Å². The molecule has 0 amide bonds. The number of anilines is 6. The van der Waals surface area contributed by atoms with E-state index < -0.39 is 0 Å². The lowest BCUT2D eigenvalue weighted by atomic mass is 9.87. The monoisotopic (exact) mass is 733 g/mol. The van der Waals surface area contributed by atoms with Gasteiger partial charge in [-0.25, -0.2) is 0 Å². The molecule has 1 heterocycles. The van der Waals surface area contributed by atoms with Crippen molar-refractivity contribution in [3.8, 4) is 5.69 Å². The van der Waals surface area contributed by atoms with Crippen molar-refractivity contribution < 1.29 is 0 Å². The maximum Gasteiger partial charge on any atom is 0.0568 e. The molecule has 0 aliphatic rings. The molecule has 0 aliphatic carbocycles. The summed E-state index contributed by atoms with van der Waals surface area (Å²) >= 11 is 0. The number of fused-ring (bicyclic) bond motifs is 7. The number of hydrogen-bond acceptors (Lipinski definition) is 2. The number of aromatic nitrogens is 1. The third-order valence-corrected chi connectivity index (χ3v) is 11.3. The smallest absolute Gasteiger partial charge is 0.0568 e. The van der Waals surface area contributed by atoms with E-state index >= 15 is 0 Å². The Morgan fingerprint density at radius 1 is 0.351 bits per heavy atom. The van der Waals surface area contributed by atoms with E-state index in [9.17, 15) is 0 Å². The third kappa shape index (κ3) is 5.91. The predicted octanol–water partition coefficient (Wildman–Crippen LogP) is 15.3. The van der Waals surface area contributed by atoms with E-state index in [1.165, 1.54) is 37.9 Å². The molecule has 3 nitrogen and oxygen atoms in total. The van der Waals surface area contributed by atoms with Crippen LogP contribution in [0.1, 0.15) is 26.3 Å². The zero-order valence-electron chi connectivity index (χ0n) is 32.5. The minimum Gasteiger partial charge on any atom is -0.310 e. The van der Waals surface area contributed by atoms with Crippen molar-refractivity contribution in [3.05, 3.63) is 212 Å². The van der Waals surface area contributed by atoms with Crippen molar-refractivity contribution in [2.75, 3.05) is 9.80 Å². The van der Waals surface area contributed by atoms with E-state index in [1.807, 2.05) is 0 Å². The molecule has 0 atom stereocenters. The van der Waals surface area contributed by atoms with Crippen LogP contribution in [0.5, 0.6) is 0 Å². The summed E-state index contributed by atoms with van der Waals surface area (Å²) in [6.07, 6.45) is 0. The van der Waals surface area contributed by atoms with Crippen LogP contribution in [0.3, 0.4) is 0 Å². The molecule has 10 rings (SSSR count). The number of hydrogen-bond donors (Lipinski definition) is 0. The van der Waals surface area contributed by atoms with Gasteiger partial charge in [0.1, 0.15) is 0 Å². The zero-order valence-corrected chi connectivity index (χ0v) is 32.5. The molecule has 274 valence electrons. The minimum atomic E-state index is 0.0316. The molecule has 0 N–H and O–H groups in total. The molecule has 9 aromatic carbocycles. The fourth-order valence-electron chi connectivity index (χ4n) is 8.61. The Morgan fingerprint density at radius 3 is 1.00 bits per heavy atom. The van der Waals surface area contributed by atoms with Gasteiger partial charge in [0.15, 0.2) is 0 Å². The van der Waals surface area contributed by atoms with Crippen LogP contribution in [-0.4, -0.2) is 4.57 Å². The van der Waals surface area contributed by atoms with Gasteiger partial charge in [-0.3, -0.25) is 0 Å². The van der Waals surface area contributed by atoms with Crippen molar-refractivity contribution in [2.24, 2.45) is 0 Å². The molecule has 0 saturated carbocycles. The second kappa shape index (κ2) is 13.9. The molecule has 57 heavy (non-hydrogen) atoms. The van der Waals surface area contributed by atoms with E-state index in [1.54, 1.807) is 0 Å². The quantitative estimate of drug-likeness (QED) is 0.162. The summed E-state index contributed by atoms with van der Waals surface area (Å²) in [6.45, 7) is 6.84. The highest BCUT2D eigenvalue weighted by molar-refractivity contribution is 6.32. The predicted molar refractivity (Wildman–Crippen MR) is 244 cm³/mol. The van der Waals surface area contributed by atoms with Gasteiger partial charge in [-0.2, -0.15) is 0 Å². The Morgan fingerprint density at radius 2 is 0.667 bits per heavy atom. The molecule has 10 aromatic rings. The standard InChI is InChI=1S/C54H43N3/c1-54(2,3)38-32-34-43(35-33-38)57-50-36-48(55(39-20-8-4-9-21-39)40-22-10-5-11-23-40)44-28-16-18-30-46(44)52(50)53-47-31-19-17-29-45(47)49(37-51(53)57)56(41-24-12-6-13-25-41)42-26-14-7-15-27-42/h4-37H,1-3H3. The maximum atomic E-state index is 2.51. The van der Waals surface area contributed by atoms with Crippen LogP contribution in [0.25, 0.3) is 49.0 Å². The van der Waals surface area contributed by atoms with E-state index in [0.29, 0.717) is 0 Å². The Hall–Kier alpha value is -7.10. The molecule has 0 fully saturated rings. The summed E-state index contributed by atoms with van der Waals surface area (Å²) < 4.78 is 2.51. The molecule has 3 heteroatoms. The van der Waals surface area contributed by atoms with Crippen LogP contribution >= 0.6 is 0 Å². The van der Waals surface area contributed by atoms with E-state index in [0.717, 1.165) is 50.8 Å². The summed E-state index contributed by atoms with van der Waals surface area (Å²) in [7, 11) is 0. The van der Waals surface area contributed by atoms with Crippen LogP contribution in [0.2, 0.25) is 0 Å². The van der Waals surface area contributed by atoms with Gasteiger partial charge >= 0.3 is 0 Å². The highest BCUT2D eigenvalue weighted by Gasteiger charge is 2.26. The van der Waals surface area contributed by atoms with Crippen LogP contribution < -0.4 is 9.80 Å². The van der Waals surface area contributed by atoms with Crippen LogP contribution in [0, 0.1) is 0 Å². The molecule has 0 aliphatic heterocycles. The van der Waals surface area contributed by atoms with E-state index in [2.05, 4.69) is 241 Å². The molecule has 0 saturated heterocycles. The Kier molecular flexibility index (Phi) is 8.38. The SMILES string of the molecule is CC(C)(C)c1ccc(-n2c3cc(N(c4ccccc4)c4ccccc4)c4ccccc4c3c3c4ccccc4c(N(c4ccccc4)c4ccccc4)cc32)cc1. The number of nitrogens with zero attached hydrogens (tertiary/aromatic N) is 3. The number of rotatable bonds is 7. The van der Waals surface area contributed by atoms with E-state index in [4.69, 9.17) is 0 Å². The van der Waals surface area contributed by atoms with Gasteiger partial charge in [-0.1, -0.05) is 154 Å². The average Bonchev–Trinajstić information content (AvgIpc) is 3.59. The first kappa shape index (κ1) is 34.4. The first-order valence-electron chi connectivity index (χ1n) is 19.8. The average molecular weight is 734 g/mol. The lowest BCUT2D eigenvalue weighted by molar-refractivity contribution is 0.590. The fraction of sp³-hybridized carbons (Fsp3) is 0.0741.